The van der Waals surface area contributed by atoms with Gasteiger partial charge in [0.1, 0.15) is 5.58 Å². The Morgan fingerprint density at radius 2 is 1.19 bits per heavy atom. The highest BCUT2D eigenvalue weighted by molar-refractivity contribution is 6.90. The van der Waals surface area contributed by atoms with E-state index in [0.29, 0.717) is 0 Å². The number of hydrogen-bond donors (Lipinski definition) is 0. The van der Waals surface area contributed by atoms with E-state index in [9.17, 15) is 0 Å². The molecule has 0 bridgehead atoms. The Hall–Kier alpha value is -4.60. The van der Waals surface area contributed by atoms with Crippen LogP contribution in [-0.2, 0) is 0 Å². The van der Waals surface area contributed by atoms with Gasteiger partial charge in [-0.05, 0) is 64.5 Å². The smallest absolute Gasteiger partial charge is 0.154 e. The van der Waals surface area contributed by atoms with E-state index in [1.165, 1.54) is 65.5 Å². The number of para-hydroxylation sites is 1. The minimum Gasteiger partial charge on any atom is -0.454 e. The molecule has 0 saturated heterocycles. The second-order valence-electron chi connectivity index (χ2n) is 12.5. The molecule has 1 aliphatic carbocycles. The second kappa shape index (κ2) is 9.47. The number of fused-ring (bicyclic) bond motifs is 6. The zero-order valence-electron chi connectivity index (χ0n) is 24.3. The molecule has 0 unspecified atom stereocenters. The Labute approximate surface area is 246 Å². The zero-order valence-corrected chi connectivity index (χ0v) is 25.3. The Morgan fingerprint density at radius 3 is 1.76 bits per heavy atom. The zero-order chi connectivity index (χ0) is 28.4. The summed E-state index contributed by atoms with van der Waals surface area (Å²) in [6, 6.07) is 42.0. The first kappa shape index (κ1) is 25.1. The maximum atomic E-state index is 6.91. The van der Waals surface area contributed by atoms with Crippen molar-refractivity contribution in [3.8, 4) is 22.3 Å². The van der Waals surface area contributed by atoms with Gasteiger partial charge < -0.3 is 8.98 Å². The van der Waals surface area contributed by atoms with Crippen molar-refractivity contribution in [2.75, 3.05) is 0 Å². The van der Waals surface area contributed by atoms with Crippen LogP contribution in [0, 0.1) is 0 Å². The minimum atomic E-state index is -1.59. The monoisotopic (exact) mass is 559 g/mol. The first-order valence-corrected chi connectivity index (χ1v) is 18.4. The van der Waals surface area contributed by atoms with Gasteiger partial charge in [0.15, 0.2) is 5.42 Å². The van der Waals surface area contributed by atoms with Gasteiger partial charge in [0.05, 0.1) is 24.8 Å². The summed E-state index contributed by atoms with van der Waals surface area (Å²) in [6.07, 6.45) is 4.32. The fraction of sp³-hybridized carbons (Fsp3) is 0.128. The molecule has 0 atom stereocenters. The van der Waals surface area contributed by atoms with E-state index in [-0.39, 0.29) is 0 Å². The van der Waals surface area contributed by atoms with Gasteiger partial charge in [0.2, 0.25) is 0 Å². The molecule has 0 aliphatic heterocycles. The molecule has 3 heteroatoms. The Morgan fingerprint density at radius 1 is 0.595 bits per heavy atom. The molecule has 2 nitrogen and oxygen atoms in total. The first-order valence-electron chi connectivity index (χ1n) is 14.9. The molecule has 2 heterocycles. The molecular formula is C39H33NOSi. The van der Waals surface area contributed by atoms with Crippen LogP contribution in [0.1, 0.15) is 12.8 Å². The van der Waals surface area contributed by atoms with E-state index < -0.39 is 8.07 Å². The third-order valence-electron chi connectivity index (χ3n) is 8.80. The lowest BCUT2D eigenvalue weighted by Crippen LogP contribution is -2.37. The minimum absolute atomic E-state index is 0.939. The number of aromatic nitrogens is 1. The largest absolute Gasteiger partial charge is 0.454 e. The van der Waals surface area contributed by atoms with Crippen LogP contribution in [0.3, 0.4) is 0 Å². The number of rotatable bonds is 4. The Bertz CT molecular complexity index is 2170. The summed E-state index contributed by atoms with van der Waals surface area (Å²) in [5.74, 6) is 0. The SMILES string of the molecule is C[Si](C)(C)c1cccc2c3c(oc12)=C(n1c2ccc(-c4ccccc4)cc2c2cc(-c4ccccc4)ccc21)CCC=3. The van der Waals surface area contributed by atoms with Crippen LogP contribution >= 0.6 is 0 Å². The van der Waals surface area contributed by atoms with Crippen molar-refractivity contribution in [1.29, 1.82) is 0 Å². The van der Waals surface area contributed by atoms with Crippen LogP contribution in [0.25, 0.3) is 66.8 Å². The molecule has 7 aromatic rings. The van der Waals surface area contributed by atoms with Crippen molar-refractivity contribution < 1.29 is 4.42 Å². The molecule has 0 fully saturated rings. The lowest BCUT2D eigenvalue weighted by Gasteiger charge is -2.16. The normalized spacial score (nSPS) is 13.5. The van der Waals surface area contributed by atoms with Crippen LogP contribution in [0.15, 0.2) is 120 Å². The van der Waals surface area contributed by atoms with Crippen molar-refractivity contribution in [1.82, 2.24) is 4.57 Å². The Kier molecular flexibility index (Phi) is 5.67. The summed E-state index contributed by atoms with van der Waals surface area (Å²) in [6.45, 7) is 7.21. The van der Waals surface area contributed by atoms with Crippen molar-refractivity contribution in [2.45, 2.75) is 32.5 Å². The van der Waals surface area contributed by atoms with Crippen molar-refractivity contribution >= 4 is 57.8 Å². The highest BCUT2D eigenvalue weighted by atomic mass is 28.3. The first-order chi connectivity index (χ1) is 20.5. The number of nitrogens with zero attached hydrogens (tertiary/aromatic N) is 1. The van der Waals surface area contributed by atoms with Gasteiger partial charge in [-0.25, -0.2) is 0 Å². The van der Waals surface area contributed by atoms with Crippen LogP contribution in [-0.4, -0.2) is 12.6 Å². The molecule has 2 aromatic heterocycles. The molecule has 0 saturated carbocycles. The fourth-order valence-corrected chi connectivity index (χ4v) is 8.22. The highest BCUT2D eigenvalue weighted by Gasteiger charge is 2.24. The predicted molar refractivity (Wildman–Crippen MR) is 181 cm³/mol. The molecule has 0 spiro atoms. The van der Waals surface area contributed by atoms with E-state index in [2.05, 4.69) is 146 Å². The number of hydrogen-bond acceptors (Lipinski definition) is 1. The van der Waals surface area contributed by atoms with E-state index in [0.717, 1.165) is 23.8 Å². The van der Waals surface area contributed by atoms with E-state index in [1.54, 1.807) is 0 Å². The summed E-state index contributed by atoms with van der Waals surface area (Å²) in [7, 11) is -1.59. The maximum Gasteiger partial charge on any atom is 0.154 e. The molecule has 0 radical (unpaired) electrons. The van der Waals surface area contributed by atoms with Gasteiger partial charge >= 0.3 is 0 Å². The van der Waals surface area contributed by atoms with Crippen LogP contribution in [0.5, 0.6) is 0 Å². The quantitative estimate of drug-likeness (QED) is 0.197. The number of furan rings is 1. The molecule has 42 heavy (non-hydrogen) atoms. The Balaban J connectivity index is 1.47. The molecular weight excluding hydrogens is 527 g/mol. The molecule has 8 rings (SSSR count). The van der Waals surface area contributed by atoms with Crippen LogP contribution < -0.4 is 15.8 Å². The van der Waals surface area contributed by atoms with Gasteiger partial charge in [0, 0.05) is 21.4 Å². The summed E-state index contributed by atoms with van der Waals surface area (Å²) < 4.78 is 9.40. The molecule has 0 amide bonds. The van der Waals surface area contributed by atoms with E-state index in [4.69, 9.17) is 4.42 Å². The summed E-state index contributed by atoms with van der Waals surface area (Å²) in [5.41, 5.74) is 10.8. The summed E-state index contributed by atoms with van der Waals surface area (Å²) in [4.78, 5) is 0. The summed E-state index contributed by atoms with van der Waals surface area (Å²) in [5, 5.41) is 6.44. The molecule has 5 aromatic carbocycles. The van der Waals surface area contributed by atoms with Gasteiger partial charge in [-0.15, -0.1) is 0 Å². The lowest BCUT2D eigenvalue weighted by molar-refractivity contribution is 0.565. The van der Waals surface area contributed by atoms with E-state index in [1.807, 2.05) is 0 Å². The van der Waals surface area contributed by atoms with Crippen molar-refractivity contribution in [3.63, 3.8) is 0 Å². The summed E-state index contributed by atoms with van der Waals surface area (Å²) >= 11 is 0. The van der Waals surface area contributed by atoms with Gasteiger partial charge in [0.25, 0.3) is 0 Å². The second-order valence-corrected chi connectivity index (χ2v) is 17.5. The average molecular weight is 560 g/mol. The predicted octanol–water partition coefficient (Wildman–Crippen LogP) is 8.65. The standard InChI is InChI=1S/C39H33NOSi/c1-42(2,3)37-19-11-17-31-30-16-10-18-36(38(30)41-39(31)37)40-34-22-20-28(26-12-6-4-7-13-26)24-32(34)33-25-29(21-23-35(33)40)27-14-8-5-9-15-27/h4-9,11-17,19-25H,10,18H2,1-3H3. The molecule has 0 N–H and O–H groups in total. The van der Waals surface area contributed by atoms with Gasteiger partial charge in [-0.1, -0.05) is 117 Å². The fourth-order valence-electron chi connectivity index (χ4n) is 6.76. The third kappa shape index (κ3) is 3.92. The maximum absolute atomic E-state index is 6.91. The van der Waals surface area contributed by atoms with Gasteiger partial charge in [-0.3, -0.25) is 0 Å². The third-order valence-corrected chi connectivity index (χ3v) is 10.8. The molecule has 204 valence electrons. The lowest BCUT2D eigenvalue weighted by atomic mass is 10.0. The average Bonchev–Trinajstić information content (AvgIpc) is 3.56. The van der Waals surface area contributed by atoms with Crippen LogP contribution in [0.4, 0.5) is 0 Å². The van der Waals surface area contributed by atoms with Gasteiger partial charge in [-0.2, -0.15) is 0 Å². The molecule has 1 aliphatic rings. The van der Waals surface area contributed by atoms with Crippen molar-refractivity contribution in [3.05, 3.63) is 126 Å². The van der Waals surface area contributed by atoms with Crippen LogP contribution in [0.2, 0.25) is 19.6 Å². The number of benzene rings is 5. The highest BCUT2D eigenvalue weighted by Crippen LogP contribution is 2.37. The van der Waals surface area contributed by atoms with E-state index >= 15 is 0 Å². The topological polar surface area (TPSA) is 18.1 Å². The van der Waals surface area contributed by atoms with Crippen molar-refractivity contribution in [2.24, 2.45) is 0 Å².